The maximum Gasteiger partial charge on any atom is 0.305 e. The van der Waals surface area contributed by atoms with Crippen molar-refractivity contribution in [3.05, 3.63) is 47.5 Å². The summed E-state index contributed by atoms with van der Waals surface area (Å²) in [5.74, 6) is -0.0148. The van der Waals surface area contributed by atoms with Gasteiger partial charge in [0.15, 0.2) is 0 Å². The summed E-state index contributed by atoms with van der Waals surface area (Å²) in [4.78, 5) is 11.2. The summed E-state index contributed by atoms with van der Waals surface area (Å²) in [7, 11) is 1.41. The molecule has 0 saturated heterocycles. The summed E-state index contributed by atoms with van der Waals surface area (Å²) in [6, 6.07) is 8.07. The van der Waals surface area contributed by atoms with E-state index in [9.17, 15) is 15.0 Å². The van der Waals surface area contributed by atoms with Gasteiger partial charge < -0.3 is 14.9 Å². The third-order valence-electron chi connectivity index (χ3n) is 6.40. The zero-order valence-corrected chi connectivity index (χ0v) is 19.8. The minimum atomic E-state index is -0.454. The van der Waals surface area contributed by atoms with Crippen LogP contribution in [0, 0.1) is 5.92 Å². The highest BCUT2D eigenvalue weighted by Crippen LogP contribution is 2.45. The van der Waals surface area contributed by atoms with E-state index in [1.165, 1.54) is 20.0 Å². The van der Waals surface area contributed by atoms with Gasteiger partial charge in [0, 0.05) is 17.7 Å². The Morgan fingerprint density at radius 2 is 1.94 bits per heavy atom. The number of unbranched alkanes of at least 4 members (excludes halogenated alkanes) is 4. The molecule has 0 heterocycles. The normalized spacial score (nSPS) is 24.5. The molecule has 2 rings (SSSR count). The fourth-order valence-electron chi connectivity index (χ4n) is 4.54. The molecule has 0 spiro atoms. The molecule has 1 aromatic rings. The molecule has 4 nitrogen and oxygen atoms in total. The van der Waals surface area contributed by atoms with Crippen molar-refractivity contribution in [1.82, 2.24) is 0 Å². The maximum absolute atomic E-state index is 11.2. The van der Waals surface area contributed by atoms with Crippen LogP contribution >= 0.6 is 11.6 Å². The Kier molecular flexibility index (Phi) is 11.6. The molecule has 0 amide bonds. The van der Waals surface area contributed by atoms with Crippen LogP contribution in [0.2, 0.25) is 0 Å². The van der Waals surface area contributed by atoms with Crippen LogP contribution in [0.1, 0.15) is 94.3 Å². The SMILES string of the molecule is CCCCCCC(O)c1ccc([C@@H]2[C@@H](C/C=C\CCCC(=O)OC)[C@H](Cl)C[C@H]2O)cc1. The summed E-state index contributed by atoms with van der Waals surface area (Å²) in [5.41, 5.74) is 2.03. The number of benzene rings is 1. The smallest absolute Gasteiger partial charge is 0.305 e. The van der Waals surface area contributed by atoms with Crippen molar-refractivity contribution in [3.63, 3.8) is 0 Å². The van der Waals surface area contributed by atoms with Gasteiger partial charge in [-0.15, -0.1) is 11.6 Å². The fourth-order valence-corrected chi connectivity index (χ4v) is 4.98. The van der Waals surface area contributed by atoms with E-state index in [0.29, 0.717) is 12.8 Å². The first kappa shape index (κ1) is 25.9. The van der Waals surface area contributed by atoms with Gasteiger partial charge in [-0.25, -0.2) is 0 Å². The van der Waals surface area contributed by atoms with Crippen molar-refractivity contribution in [1.29, 1.82) is 0 Å². The summed E-state index contributed by atoms with van der Waals surface area (Å²) >= 11 is 6.59. The van der Waals surface area contributed by atoms with Crippen LogP contribution in [-0.2, 0) is 9.53 Å². The summed E-state index contributed by atoms with van der Waals surface area (Å²) < 4.78 is 4.66. The Bertz CT molecular complexity index is 672. The van der Waals surface area contributed by atoms with Crippen molar-refractivity contribution >= 4 is 17.6 Å². The highest BCUT2D eigenvalue weighted by Gasteiger charge is 2.41. The highest BCUT2D eigenvalue weighted by atomic mass is 35.5. The first-order valence-electron chi connectivity index (χ1n) is 11.8. The Labute approximate surface area is 192 Å². The second-order valence-electron chi connectivity index (χ2n) is 8.72. The van der Waals surface area contributed by atoms with Crippen LogP contribution in [0.5, 0.6) is 0 Å². The second-order valence-corrected chi connectivity index (χ2v) is 9.28. The lowest BCUT2D eigenvalue weighted by molar-refractivity contribution is -0.140. The van der Waals surface area contributed by atoms with E-state index in [2.05, 4.69) is 23.8 Å². The Morgan fingerprint density at radius 1 is 1.19 bits per heavy atom. The molecule has 31 heavy (non-hydrogen) atoms. The van der Waals surface area contributed by atoms with Gasteiger partial charge in [0.25, 0.3) is 0 Å². The molecule has 0 aromatic heterocycles. The number of aliphatic hydroxyl groups excluding tert-OH is 2. The van der Waals surface area contributed by atoms with Crippen LogP contribution in [0.4, 0.5) is 0 Å². The van der Waals surface area contributed by atoms with Gasteiger partial charge in [-0.1, -0.05) is 69.0 Å². The summed E-state index contributed by atoms with van der Waals surface area (Å²) in [6.07, 6.45) is 12.2. The number of hydrogen-bond donors (Lipinski definition) is 2. The summed E-state index contributed by atoms with van der Waals surface area (Å²) in [5, 5.41) is 21.0. The number of alkyl halides is 1. The Balaban J connectivity index is 1.92. The number of methoxy groups -OCH3 is 1. The molecule has 2 N–H and O–H groups in total. The van der Waals surface area contributed by atoms with E-state index in [1.54, 1.807) is 0 Å². The number of allylic oxidation sites excluding steroid dienone is 2. The largest absolute Gasteiger partial charge is 0.469 e. The van der Waals surface area contributed by atoms with Crippen LogP contribution in [0.15, 0.2) is 36.4 Å². The van der Waals surface area contributed by atoms with Gasteiger partial charge in [0.05, 0.1) is 19.3 Å². The molecule has 1 aliphatic carbocycles. The van der Waals surface area contributed by atoms with Gasteiger partial charge in [0.2, 0.25) is 0 Å². The number of hydrogen-bond acceptors (Lipinski definition) is 4. The Morgan fingerprint density at radius 3 is 2.61 bits per heavy atom. The molecular formula is C26H39ClO4. The van der Waals surface area contributed by atoms with Crippen LogP contribution in [0.25, 0.3) is 0 Å². The van der Waals surface area contributed by atoms with Crippen LogP contribution in [-0.4, -0.2) is 34.8 Å². The monoisotopic (exact) mass is 450 g/mol. The number of ether oxygens (including phenoxy) is 1. The topological polar surface area (TPSA) is 66.8 Å². The van der Waals surface area contributed by atoms with Crippen molar-refractivity contribution in [3.8, 4) is 0 Å². The zero-order valence-electron chi connectivity index (χ0n) is 19.0. The van der Waals surface area contributed by atoms with Gasteiger partial charge in [-0.2, -0.15) is 0 Å². The van der Waals surface area contributed by atoms with Crippen LogP contribution < -0.4 is 0 Å². The number of carbonyl (C=O) groups excluding carboxylic acids is 1. The maximum atomic E-state index is 11.2. The van der Waals surface area contributed by atoms with E-state index < -0.39 is 12.2 Å². The second kappa shape index (κ2) is 13.9. The predicted octanol–water partition coefficient (Wildman–Crippen LogP) is 6.05. The molecule has 0 aliphatic heterocycles. The van der Waals surface area contributed by atoms with E-state index >= 15 is 0 Å². The molecule has 1 aliphatic rings. The standard InChI is InChI=1S/C26H39ClO4/c1-3-4-5-9-12-23(28)19-14-16-20(17-15-19)26-21(22(27)18-24(26)29)11-8-6-7-10-13-25(30)31-2/h6,8,14-17,21-24,26,28-29H,3-5,7,9-13,18H2,1-2H3/b8-6-/t21-,22+,23?,24+,26+/m0/s1. The average molecular weight is 451 g/mol. The molecule has 1 fully saturated rings. The molecule has 5 heteroatoms. The Hall–Kier alpha value is -1.36. The average Bonchev–Trinajstić information content (AvgIpc) is 3.06. The molecule has 1 aromatic carbocycles. The van der Waals surface area contributed by atoms with E-state index in [4.69, 9.17) is 11.6 Å². The fraction of sp³-hybridized carbons (Fsp3) is 0.654. The number of esters is 1. The van der Waals surface area contributed by atoms with Gasteiger partial charge in [0.1, 0.15) is 0 Å². The van der Waals surface area contributed by atoms with Crippen molar-refractivity contribution in [2.75, 3.05) is 7.11 Å². The summed E-state index contributed by atoms with van der Waals surface area (Å²) in [6.45, 7) is 2.19. The number of halogens is 1. The lowest BCUT2D eigenvalue weighted by atomic mass is 9.84. The van der Waals surface area contributed by atoms with Crippen molar-refractivity contribution in [2.45, 2.75) is 94.6 Å². The predicted molar refractivity (Wildman–Crippen MR) is 126 cm³/mol. The highest BCUT2D eigenvalue weighted by molar-refractivity contribution is 6.21. The first-order chi connectivity index (χ1) is 15.0. The quantitative estimate of drug-likeness (QED) is 0.166. The van der Waals surface area contributed by atoms with E-state index in [1.807, 2.05) is 24.3 Å². The molecule has 5 atom stereocenters. The molecule has 1 unspecified atom stereocenters. The molecule has 174 valence electrons. The minimum Gasteiger partial charge on any atom is -0.469 e. The minimum absolute atomic E-state index is 0.00188. The lowest BCUT2D eigenvalue weighted by Crippen LogP contribution is -2.18. The molecule has 0 radical (unpaired) electrons. The number of rotatable bonds is 13. The van der Waals surface area contributed by atoms with Gasteiger partial charge in [-0.3, -0.25) is 4.79 Å². The van der Waals surface area contributed by atoms with Crippen molar-refractivity contribution in [2.24, 2.45) is 5.92 Å². The molecular weight excluding hydrogens is 412 g/mol. The third-order valence-corrected chi connectivity index (χ3v) is 6.90. The molecule has 1 saturated carbocycles. The molecule has 0 bridgehead atoms. The number of carbonyl (C=O) groups is 1. The zero-order chi connectivity index (χ0) is 22.6. The lowest BCUT2D eigenvalue weighted by Gasteiger charge is -2.23. The van der Waals surface area contributed by atoms with Gasteiger partial charge >= 0.3 is 5.97 Å². The van der Waals surface area contributed by atoms with Crippen molar-refractivity contribution < 1.29 is 19.7 Å². The number of aliphatic hydroxyl groups is 2. The first-order valence-corrected chi connectivity index (χ1v) is 12.2. The van der Waals surface area contributed by atoms with E-state index in [0.717, 1.165) is 49.7 Å². The van der Waals surface area contributed by atoms with Gasteiger partial charge in [-0.05, 0) is 49.1 Å². The van der Waals surface area contributed by atoms with Crippen LogP contribution in [0.3, 0.4) is 0 Å². The third kappa shape index (κ3) is 8.25. The van der Waals surface area contributed by atoms with E-state index in [-0.39, 0.29) is 23.2 Å².